The smallest absolute Gasteiger partial charge is 0.230 e. The minimum atomic E-state index is -0.0143. The van der Waals surface area contributed by atoms with Crippen molar-refractivity contribution >= 4 is 29.7 Å². The minimum Gasteiger partial charge on any atom is -0.397 e. The van der Waals surface area contributed by atoms with Crippen molar-refractivity contribution in [3.05, 3.63) is 24.3 Å². The van der Waals surface area contributed by atoms with Gasteiger partial charge in [0.25, 0.3) is 0 Å². The second-order valence-corrected chi connectivity index (χ2v) is 3.91. The van der Waals surface area contributed by atoms with Crippen LogP contribution in [0.25, 0.3) is 0 Å². The average Bonchev–Trinajstić information content (AvgIpc) is 3.01. The molecule has 1 saturated carbocycles. The van der Waals surface area contributed by atoms with E-state index in [4.69, 9.17) is 10.5 Å². The van der Waals surface area contributed by atoms with Crippen LogP contribution < -0.4 is 11.1 Å². The van der Waals surface area contributed by atoms with Crippen LogP contribution in [0.2, 0.25) is 0 Å². The Hall–Kier alpha value is -1.26. The van der Waals surface area contributed by atoms with E-state index in [1.165, 1.54) is 0 Å². The van der Waals surface area contributed by atoms with Crippen molar-refractivity contribution < 1.29 is 9.53 Å². The third kappa shape index (κ3) is 3.35. The molecule has 0 spiro atoms. The molecule has 2 unspecified atom stereocenters. The zero-order valence-electron chi connectivity index (χ0n) is 9.68. The first-order valence-electron chi connectivity index (χ1n) is 5.49. The average molecular weight is 257 g/mol. The number of hydrogen-bond donors (Lipinski definition) is 2. The van der Waals surface area contributed by atoms with Gasteiger partial charge in [0.15, 0.2) is 0 Å². The van der Waals surface area contributed by atoms with Gasteiger partial charge in [-0.15, -0.1) is 12.4 Å². The summed E-state index contributed by atoms with van der Waals surface area (Å²) in [6.45, 7) is 2.59. The fourth-order valence-electron chi connectivity index (χ4n) is 1.68. The van der Waals surface area contributed by atoms with Crippen LogP contribution in [0.5, 0.6) is 0 Å². The molecule has 0 saturated heterocycles. The molecule has 94 valence electrons. The summed E-state index contributed by atoms with van der Waals surface area (Å²) in [6, 6.07) is 7.25. The number of benzene rings is 1. The number of anilines is 2. The summed E-state index contributed by atoms with van der Waals surface area (Å²) in [7, 11) is 0. The number of rotatable bonds is 4. The number of ether oxygens (including phenoxy) is 1. The van der Waals surface area contributed by atoms with Crippen LogP contribution in [0.3, 0.4) is 0 Å². The topological polar surface area (TPSA) is 64.3 Å². The van der Waals surface area contributed by atoms with Crippen LogP contribution in [0, 0.1) is 5.92 Å². The third-order valence-corrected chi connectivity index (χ3v) is 2.67. The second-order valence-electron chi connectivity index (χ2n) is 3.91. The van der Waals surface area contributed by atoms with Gasteiger partial charge in [-0.25, -0.2) is 0 Å². The lowest BCUT2D eigenvalue weighted by atomic mass is 10.2. The molecule has 0 aliphatic heterocycles. The largest absolute Gasteiger partial charge is 0.397 e. The first-order valence-corrected chi connectivity index (χ1v) is 5.49. The van der Waals surface area contributed by atoms with Crippen LogP contribution in [-0.4, -0.2) is 18.6 Å². The Balaban J connectivity index is 0.00000144. The van der Waals surface area contributed by atoms with Gasteiger partial charge >= 0.3 is 0 Å². The third-order valence-electron chi connectivity index (χ3n) is 2.67. The van der Waals surface area contributed by atoms with Gasteiger partial charge in [0.1, 0.15) is 0 Å². The standard InChI is InChI=1S/C12H16N2O2.ClH/c1-2-16-11-7-8(11)12(15)14-10-6-4-3-5-9(10)13;/h3-6,8,11H,2,7,13H2,1H3,(H,14,15);1H. The molecular weight excluding hydrogens is 240 g/mol. The van der Waals surface area contributed by atoms with Gasteiger partial charge in [0.2, 0.25) is 5.91 Å². The lowest BCUT2D eigenvalue weighted by Gasteiger charge is -2.07. The van der Waals surface area contributed by atoms with Crippen molar-refractivity contribution in [1.82, 2.24) is 0 Å². The number of nitrogens with two attached hydrogens (primary N) is 1. The molecule has 1 amide bonds. The summed E-state index contributed by atoms with van der Waals surface area (Å²) in [5, 5.41) is 2.82. The molecule has 4 nitrogen and oxygen atoms in total. The van der Waals surface area contributed by atoms with Gasteiger partial charge in [-0.05, 0) is 25.5 Å². The van der Waals surface area contributed by atoms with Gasteiger partial charge in [-0.1, -0.05) is 12.1 Å². The Labute approximate surface area is 107 Å². The Bertz CT molecular complexity index is 398. The summed E-state index contributed by atoms with van der Waals surface area (Å²) in [6.07, 6.45) is 0.904. The summed E-state index contributed by atoms with van der Waals surface area (Å²) in [4.78, 5) is 11.8. The molecule has 0 aromatic heterocycles. The van der Waals surface area contributed by atoms with E-state index in [2.05, 4.69) is 5.32 Å². The highest BCUT2D eigenvalue weighted by Gasteiger charge is 2.43. The molecule has 17 heavy (non-hydrogen) atoms. The maximum absolute atomic E-state index is 11.8. The molecule has 2 rings (SSSR count). The monoisotopic (exact) mass is 256 g/mol. The molecule has 1 aromatic carbocycles. The van der Waals surface area contributed by atoms with Crippen molar-refractivity contribution in [3.8, 4) is 0 Å². The van der Waals surface area contributed by atoms with Crippen molar-refractivity contribution in [3.63, 3.8) is 0 Å². The Morgan fingerprint density at radius 1 is 1.53 bits per heavy atom. The second kappa shape index (κ2) is 5.89. The van der Waals surface area contributed by atoms with Gasteiger partial charge in [0.05, 0.1) is 23.4 Å². The first-order chi connectivity index (χ1) is 7.72. The molecule has 0 heterocycles. The van der Waals surface area contributed by atoms with E-state index in [0.717, 1.165) is 6.42 Å². The summed E-state index contributed by atoms with van der Waals surface area (Å²) in [5.74, 6) is -0.0177. The molecule has 1 aliphatic carbocycles. The molecule has 1 aromatic rings. The minimum absolute atomic E-state index is 0. The van der Waals surface area contributed by atoms with E-state index < -0.39 is 0 Å². The number of para-hydroxylation sites is 2. The number of halogens is 1. The Kier molecular flexibility index (Phi) is 4.78. The Morgan fingerprint density at radius 2 is 2.24 bits per heavy atom. The van der Waals surface area contributed by atoms with Crippen LogP contribution in [0.1, 0.15) is 13.3 Å². The maximum Gasteiger partial charge on any atom is 0.230 e. The van der Waals surface area contributed by atoms with Gasteiger partial charge in [-0.3, -0.25) is 4.79 Å². The number of carbonyl (C=O) groups excluding carboxylic acids is 1. The van der Waals surface area contributed by atoms with Crippen LogP contribution >= 0.6 is 12.4 Å². The Morgan fingerprint density at radius 3 is 2.88 bits per heavy atom. The molecule has 5 heteroatoms. The molecule has 1 aliphatic rings. The first kappa shape index (κ1) is 13.8. The van der Waals surface area contributed by atoms with Gasteiger partial charge in [-0.2, -0.15) is 0 Å². The normalized spacial score (nSPS) is 21.5. The molecule has 0 bridgehead atoms. The highest BCUT2D eigenvalue weighted by atomic mass is 35.5. The lowest BCUT2D eigenvalue weighted by molar-refractivity contribution is -0.118. The predicted molar refractivity (Wildman–Crippen MR) is 70.3 cm³/mol. The van der Waals surface area contributed by atoms with Crippen molar-refractivity contribution in [1.29, 1.82) is 0 Å². The fraction of sp³-hybridized carbons (Fsp3) is 0.417. The SMILES string of the molecule is CCOC1CC1C(=O)Nc1ccccc1N.Cl. The molecule has 1 fully saturated rings. The molecular formula is C12H17ClN2O2. The van der Waals surface area contributed by atoms with E-state index in [0.29, 0.717) is 18.0 Å². The van der Waals surface area contributed by atoms with Crippen LogP contribution in [0.15, 0.2) is 24.3 Å². The maximum atomic E-state index is 11.8. The van der Waals surface area contributed by atoms with E-state index >= 15 is 0 Å². The van der Waals surface area contributed by atoms with Crippen molar-refractivity contribution in [2.24, 2.45) is 5.92 Å². The van der Waals surface area contributed by atoms with Crippen LogP contribution in [-0.2, 0) is 9.53 Å². The van der Waals surface area contributed by atoms with E-state index in [9.17, 15) is 4.79 Å². The van der Waals surface area contributed by atoms with Crippen LogP contribution in [0.4, 0.5) is 11.4 Å². The van der Waals surface area contributed by atoms with E-state index in [-0.39, 0.29) is 30.3 Å². The number of carbonyl (C=O) groups is 1. The van der Waals surface area contributed by atoms with E-state index in [1.807, 2.05) is 19.1 Å². The summed E-state index contributed by atoms with van der Waals surface area (Å²) >= 11 is 0. The summed E-state index contributed by atoms with van der Waals surface area (Å²) < 4.78 is 5.36. The highest BCUT2D eigenvalue weighted by Crippen LogP contribution is 2.35. The number of amides is 1. The van der Waals surface area contributed by atoms with E-state index in [1.54, 1.807) is 12.1 Å². The predicted octanol–water partition coefficient (Wildman–Crippen LogP) is 2.05. The van der Waals surface area contributed by atoms with Crippen molar-refractivity contribution in [2.45, 2.75) is 19.4 Å². The lowest BCUT2D eigenvalue weighted by Crippen LogP contribution is -2.17. The zero-order chi connectivity index (χ0) is 11.5. The molecule has 3 N–H and O–H groups in total. The highest BCUT2D eigenvalue weighted by molar-refractivity contribution is 5.97. The van der Waals surface area contributed by atoms with Gasteiger partial charge < -0.3 is 15.8 Å². The fourth-order valence-corrected chi connectivity index (χ4v) is 1.68. The summed E-state index contributed by atoms with van der Waals surface area (Å²) in [5.41, 5.74) is 7.00. The van der Waals surface area contributed by atoms with Gasteiger partial charge in [0, 0.05) is 6.61 Å². The zero-order valence-corrected chi connectivity index (χ0v) is 10.5. The number of hydrogen-bond acceptors (Lipinski definition) is 3. The quantitative estimate of drug-likeness (QED) is 0.811. The number of nitrogen functional groups attached to an aromatic ring is 1. The molecule has 0 radical (unpaired) electrons. The molecule has 2 atom stereocenters. The van der Waals surface area contributed by atoms with Crippen molar-refractivity contribution in [2.75, 3.05) is 17.7 Å². The number of nitrogens with one attached hydrogen (secondary N) is 1.